The van der Waals surface area contributed by atoms with E-state index in [1.807, 2.05) is 17.5 Å². The molecule has 102 valence electrons. The van der Waals surface area contributed by atoms with E-state index >= 15 is 0 Å². The van der Waals surface area contributed by atoms with Crippen LogP contribution in [-0.2, 0) is 10.3 Å². The molecule has 3 heterocycles. The summed E-state index contributed by atoms with van der Waals surface area (Å²) >= 11 is 1.50. The van der Waals surface area contributed by atoms with Crippen molar-refractivity contribution < 1.29 is 9.59 Å². The number of thiophene rings is 1. The van der Waals surface area contributed by atoms with Gasteiger partial charge in [-0.2, -0.15) is 0 Å². The van der Waals surface area contributed by atoms with Crippen LogP contribution < -0.4 is 10.6 Å². The molecular formula is C13H17N3O2S. The van der Waals surface area contributed by atoms with Crippen LogP contribution in [0.25, 0.3) is 0 Å². The highest BCUT2D eigenvalue weighted by atomic mass is 32.1. The van der Waals surface area contributed by atoms with E-state index in [4.69, 9.17) is 0 Å². The lowest BCUT2D eigenvalue weighted by molar-refractivity contribution is -0.132. The summed E-state index contributed by atoms with van der Waals surface area (Å²) in [5.41, 5.74) is -0.893. The Hall–Kier alpha value is -1.40. The molecule has 0 aliphatic carbocycles. The second-order valence-corrected chi connectivity index (χ2v) is 6.14. The van der Waals surface area contributed by atoms with Crippen LogP contribution in [0.3, 0.4) is 0 Å². The van der Waals surface area contributed by atoms with E-state index in [0.29, 0.717) is 0 Å². The average Bonchev–Trinajstić information content (AvgIpc) is 3.00. The lowest BCUT2D eigenvalue weighted by Gasteiger charge is -2.30. The highest BCUT2D eigenvalue weighted by molar-refractivity contribution is 7.10. The number of carbonyl (C=O) groups excluding carboxylic acids is 2. The monoisotopic (exact) mass is 279 g/mol. The molecule has 6 heteroatoms. The molecule has 1 aromatic rings. The number of nitrogens with one attached hydrogen (secondary N) is 2. The van der Waals surface area contributed by atoms with E-state index in [0.717, 1.165) is 30.8 Å². The van der Waals surface area contributed by atoms with Crippen molar-refractivity contribution in [2.45, 2.75) is 31.3 Å². The Labute approximate surface area is 116 Å². The predicted octanol–water partition coefficient (Wildman–Crippen LogP) is 1.27. The molecule has 5 nitrogen and oxygen atoms in total. The third kappa shape index (κ3) is 1.95. The molecule has 0 saturated carbocycles. The summed E-state index contributed by atoms with van der Waals surface area (Å²) in [4.78, 5) is 27.2. The molecule has 0 radical (unpaired) electrons. The molecule has 1 atom stereocenters. The fourth-order valence-electron chi connectivity index (χ4n) is 2.79. The fraction of sp³-hybridized carbons (Fsp3) is 0.538. The normalized spacial score (nSPS) is 28.8. The van der Waals surface area contributed by atoms with Gasteiger partial charge >= 0.3 is 6.03 Å². The van der Waals surface area contributed by atoms with Crippen molar-refractivity contribution in [1.29, 1.82) is 0 Å². The number of hydrogen-bond acceptors (Lipinski definition) is 4. The van der Waals surface area contributed by atoms with Crippen LogP contribution in [0.15, 0.2) is 17.5 Å². The standard InChI is InChI=1S/C13H17N3O2S/c1-13(10-3-2-8-19-10)11(17)16(12(18)15-13)9-4-6-14-7-5-9/h2-3,8-9,14H,4-7H2,1H3,(H,15,18). The molecule has 19 heavy (non-hydrogen) atoms. The molecule has 1 unspecified atom stereocenters. The Bertz CT molecular complexity index is 496. The molecule has 2 saturated heterocycles. The molecule has 0 spiro atoms. The van der Waals surface area contributed by atoms with Crippen molar-refractivity contribution >= 4 is 23.3 Å². The Morgan fingerprint density at radius 2 is 2.11 bits per heavy atom. The summed E-state index contributed by atoms with van der Waals surface area (Å²) in [5.74, 6) is -0.119. The molecular weight excluding hydrogens is 262 g/mol. The SMILES string of the molecule is CC1(c2cccs2)NC(=O)N(C2CCNCC2)C1=O. The first-order chi connectivity index (χ1) is 9.13. The maximum absolute atomic E-state index is 12.7. The maximum Gasteiger partial charge on any atom is 0.325 e. The molecule has 1 aromatic heterocycles. The van der Waals surface area contributed by atoms with Crippen LogP contribution in [0.1, 0.15) is 24.6 Å². The molecule has 3 amide bonds. The van der Waals surface area contributed by atoms with Crippen molar-refractivity contribution in [2.24, 2.45) is 0 Å². The van der Waals surface area contributed by atoms with Gasteiger partial charge in [0, 0.05) is 10.9 Å². The van der Waals surface area contributed by atoms with Gasteiger partial charge < -0.3 is 10.6 Å². The minimum absolute atomic E-state index is 0.0236. The first-order valence-electron chi connectivity index (χ1n) is 6.53. The number of carbonyl (C=O) groups is 2. The van der Waals surface area contributed by atoms with Crippen LogP contribution in [0.4, 0.5) is 4.79 Å². The molecule has 3 rings (SSSR count). The van der Waals surface area contributed by atoms with Gasteiger partial charge in [-0.25, -0.2) is 4.79 Å². The van der Waals surface area contributed by atoms with Crippen molar-refractivity contribution in [3.05, 3.63) is 22.4 Å². The maximum atomic E-state index is 12.7. The highest BCUT2D eigenvalue weighted by Gasteiger charge is 2.51. The summed E-state index contributed by atoms with van der Waals surface area (Å²) in [6.45, 7) is 3.51. The van der Waals surface area contributed by atoms with Crippen molar-refractivity contribution in [3.63, 3.8) is 0 Å². The Morgan fingerprint density at radius 1 is 1.37 bits per heavy atom. The van der Waals surface area contributed by atoms with Gasteiger partial charge in [0.1, 0.15) is 0 Å². The van der Waals surface area contributed by atoms with E-state index in [1.165, 1.54) is 16.2 Å². The van der Waals surface area contributed by atoms with Crippen molar-refractivity contribution in [2.75, 3.05) is 13.1 Å². The van der Waals surface area contributed by atoms with E-state index in [2.05, 4.69) is 10.6 Å². The summed E-state index contributed by atoms with van der Waals surface area (Å²) in [5, 5.41) is 8.03. The Morgan fingerprint density at radius 3 is 2.74 bits per heavy atom. The van der Waals surface area contributed by atoms with Gasteiger partial charge in [0.25, 0.3) is 5.91 Å². The molecule has 0 aromatic carbocycles. The van der Waals surface area contributed by atoms with Crippen LogP contribution in [0, 0.1) is 0 Å². The lowest BCUT2D eigenvalue weighted by Crippen LogP contribution is -2.47. The van der Waals surface area contributed by atoms with Crippen LogP contribution >= 0.6 is 11.3 Å². The second-order valence-electron chi connectivity index (χ2n) is 5.19. The van der Waals surface area contributed by atoms with Gasteiger partial charge in [-0.3, -0.25) is 9.69 Å². The van der Waals surface area contributed by atoms with E-state index in [1.54, 1.807) is 6.92 Å². The van der Waals surface area contributed by atoms with Crippen LogP contribution in [0.5, 0.6) is 0 Å². The predicted molar refractivity (Wildman–Crippen MR) is 72.9 cm³/mol. The van der Waals surface area contributed by atoms with Gasteiger partial charge in [0.05, 0.1) is 0 Å². The first kappa shape index (κ1) is 12.6. The van der Waals surface area contributed by atoms with Crippen molar-refractivity contribution in [1.82, 2.24) is 15.5 Å². The zero-order chi connectivity index (χ0) is 13.5. The van der Waals surface area contributed by atoms with Crippen LogP contribution in [-0.4, -0.2) is 36.0 Å². The summed E-state index contributed by atoms with van der Waals surface area (Å²) in [6, 6.07) is 3.57. The summed E-state index contributed by atoms with van der Waals surface area (Å²) in [7, 11) is 0. The fourth-order valence-corrected chi connectivity index (χ4v) is 3.62. The quantitative estimate of drug-likeness (QED) is 0.801. The molecule has 2 aliphatic heterocycles. The number of nitrogens with zero attached hydrogens (tertiary/aromatic N) is 1. The molecule has 2 fully saturated rings. The molecule has 2 N–H and O–H groups in total. The van der Waals surface area contributed by atoms with E-state index < -0.39 is 5.54 Å². The lowest BCUT2D eigenvalue weighted by atomic mass is 9.98. The zero-order valence-corrected chi connectivity index (χ0v) is 11.6. The third-order valence-corrected chi connectivity index (χ3v) is 5.00. The van der Waals surface area contributed by atoms with Gasteiger partial charge in [0.15, 0.2) is 5.54 Å². The number of urea groups is 1. The number of imide groups is 1. The van der Waals surface area contributed by atoms with Gasteiger partial charge in [-0.05, 0) is 44.3 Å². The Balaban J connectivity index is 1.88. The van der Waals surface area contributed by atoms with Gasteiger partial charge in [-0.1, -0.05) is 6.07 Å². The topological polar surface area (TPSA) is 61.4 Å². The minimum Gasteiger partial charge on any atom is -0.319 e. The minimum atomic E-state index is -0.893. The second kappa shape index (κ2) is 4.61. The summed E-state index contributed by atoms with van der Waals surface area (Å²) < 4.78 is 0. The number of hydrogen-bond donors (Lipinski definition) is 2. The smallest absolute Gasteiger partial charge is 0.319 e. The van der Waals surface area contributed by atoms with Crippen LogP contribution in [0.2, 0.25) is 0 Å². The summed E-state index contributed by atoms with van der Waals surface area (Å²) in [6.07, 6.45) is 1.67. The van der Waals surface area contributed by atoms with E-state index in [9.17, 15) is 9.59 Å². The van der Waals surface area contributed by atoms with E-state index in [-0.39, 0.29) is 18.0 Å². The molecule has 2 aliphatic rings. The number of piperidine rings is 1. The Kier molecular flexibility index (Phi) is 3.06. The number of rotatable bonds is 2. The van der Waals surface area contributed by atoms with Crippen molar-refractivity contribution in [3.8, 4) is 0 Å². The first-order valence-corrected chi connectivity index (χ1v) is 7.41. The molecule has 0 bridgehead atoms. The average molecular weight is 279 g/mol. The largest absolute Gasteiger partial charge is 0.325 e. The third-order valence-electron chi connectivity index (χ3n) is 3.91. The van der Waals surface area contributed by atoms with Gasteiger partial charge in [-0.15, -0.1) is 11.3 Å². The zero-order valence-electron chi connectivity index (χ0n) is 10.8. The number of amides is 3. The van der Waals surface area contributed by atoms with Gasteiger partial charge in [0.2, 0.25) is 0 Å². The highest BCUT2D eigenvalue weighted by Crippen LogP contribution is 2.33.